The fraction of sp³-hybridized carbons (Fsp3) is 0.176. The van der Waals surface area contributed by atoms with Gasteiger partial charge in [-0.15, -0.1) is 0 Å². The minimum absolute atomic E-state index is 0.0145. The molecule has 9 nitrogen and oxygen atoms in total. The van der Waals surface area contributed by atoms with E-state index >= 15 is 0 Å². The van der Waals surface area contributed by atoms with Gasteiger partial charge in [0.25, 0.3) is 11.6 Å². The number of hydrazone groups is 1. The fourth-order valence-corrected chi connectivity index (χ4v) is 1.93. The summed E-state index contributed by atoms with van der Waals surface area (Å²) in [5.74, 6) is 0.181. The number of nitrogens with one attached hydrogen (secondary N) is 1. The first-order valence-corrected chi connectivity index (χ1v) is 7.64. The molecule has 1 amide bonds. The Labute approximate surface area is 149 Å². The number of phenolic OH excluding ortho intramolecular Hbond substituents is 1. The Hall–Kier alpha value is -3.62. The number of non-ortho nitro benzene ring substituents is 1. The van der Waals surface area contributed by atoms with Crippen molar-refractivity contribution in [1.82, 2.24) is 5.43 Å². The van der Waals surface area contributed by atoms with Gasteiger partial charge in [-0.1, -0.05) is 6.07 Å². The molecule has 0 aliphatic rings. The van der Waals surface area contributed by atoms with Crippen molar-refractivity contribution in [2.24, 2.45) is 5.10 Å². The molecule has 2 aromatic carbocycles. The highest BCUT2D eigenvalue weighted by atomic mass is 16.6. The number of carbonyl (C=O) groups is 1. The molecule has 0 unspecified atom stereocenters. The standard InChI is InChI=1S/C17H17N3O6/c1-2-25-15-6-7-16(21)12(8-15)10-18-19-17(22)11-26-14-5-3-4-13(9-14)20(23)24/h3-10,21H,2,11H2,1H3,(H,19,22). The van der Waals surface area contributed by atoms with Gasteiger partial charge in [0.05, 0.1) is 23.8 Å². The van der Waals surface area contributed by atoms with E-state index in [1.807, 2.05) is 6.92 Å². The Morgan fingerprint density at radius 1 is 1.27 bits per heavy atom. The zero-order valence-corrected chi connectivity index (χ0v) is 13.9. The van der Waals surface area contributed by atoms with Crippen LogP contribution in [0, 0.1) is 10.1 Å². The van der Waals surface area contributed by atoms with Gasteiger partial charge in [0.15, 0.2) is 6.61 Å². The maximum Gasteiger partial charge on any atom is 0.277 e. The molecule has 2 rings (SSSR count). The largest absolute Gasteiger partial charge is 0.507 e. The van der Waals surface area contributed by atoms with Crippen LogP contribution < -0.4 is 14.9 Å². The quantitative estimate of drug-likeness (QED) is 0.423. The van der Waals surface area contributed by atoms with Gasteiger partial charge in [-0.25, -0.2) is 5.43 Å². The van der Waals surface area contributed by atoms with E-state index in [0.29, 0.717) is 17.9 Å². The summed E-state index contributed by atoms with van der Waals surface area (Å²) in [6.07, 6.45) is 1.27. The highest BCUT2D eigenvalue weighted by molar-refractivity contribution is 5.85. The van der Waals surface area contributed by atoms with Crippen LogP contribution in [0.4, 0.5) is 5.69 Å². The molecule has 0 heterocycles. The molecule has 136 valence electrons. The molecule has 0 fully saturated rings. The van der Waals surface area contributed by atoms with Crippen LogP contribution in [0.1, 0.15) is 12.5 Å². The second-order valence-electron chi connectivity index (χ2n) is 4.99. The highest BCUT2D eigenvalue weighted by Gasteiger charge is 2.08. The molecule has 0 radical (unpaired) electrons. The first-order valence-electron chi connectivity index (χ1n) is 7.64. The minimum atomic E-state index is -0.562. The van der Waals surface area contributed by atoms with Crippen LogP contribution in [0.5, 0.6) is 17.2 Å². The molecule has 0 bridgehead atoms. The van der Waals surface area contributed by atoms with Crippen LogP contribution in [0.2, 0.25) is 0 Å². The average molecular weight is 359 g/mol. The molecule has 0 atom stereocenters. The molecule has 2 aromatic rings. The summed E-state index contributed by atoms with van der Waals surface area (Å²) in [4.78, 5) is 21.8. The first kappa shape index (κ1) is 18.7. The van der Waals surface area contributed by atoms with Gasteiger partial charge in [-0.2, -0.15) is 5.10 Å². The molecule has 0 saturated heterocycles. The molecule has 26 heavy (non-hydrogen) atoms. The second kappa shape index (κ2) is 9.02. The predicted molar refractivity (Wildman–Crippen MR) is 93.6 cm³/mol. The highest BCUT2D eigenvalue weighted by Crippen LogP contribution is 2.21. The van der Waals surface area contributed by atoms with E-state index in [4.69, 9.17) is 9.47 Å². The van der Waals surface area contributed by atoms with Crippen molar-refractivity contribution < 1.29 is 24.3 Å². The van der Waals surface area contributed by atoms with Crippen molar-refractivity contribution in [1.29, 1.82) is 0 Å². The van der Waals surface area contributed by atoms with Crippen molar-refractivity contribution in [3.63, 3.8) is 0 Å². The number of hydrogen-bond acceptors (Lipinski definition) is 7. The Morgan fingerprint density at radius 2 is 2.04 bits per heavy atom. The molecule has 0 aliphatic carbocycles. The van der Waals surface area contributed by atoms with Crippen molar-refractivity contribution >= 4 is 17.8 Å². The molecular weight excluding hydrogens is 342 g/mol. The molecule has 2 N–H and O–H groups in total. The van der Waals surface area contributed by atoms with Gasteiger partial charge >= 0.3 is 0 Å². The van der Waals surface area contributed by atoms with Crippen molar-refractivity contribution in [3.8, 4) is 17.2 Å². The van der Waals surface area contributed by atoms with E-state index in [-0.39, 0.29) is 23.8 Å². The lowest BCUT2D eigenvalue weighted by Crippen LogP contribution is -2.24. The first-order chi connectivity index (χ1) is 12.5. The molecule has 0 saturated carbocycles. The van der Waals surface area contributed by atoms with E-state index in [2.05, 4.69) is 10.5 Å². The van der Waals surface area contributed by atoms with Crippen LogP contribution in [0.3, 0.4) is 0 Å². The summed E-state index contributed by atoms with van der Waals surface area (Å²) in [7, 11) is 0. The molecular formula is C17H17N3O6. The number of carbonyl (C=O) groups excluding carboxylic acids is 1. The maximum absolute atomic E-state index is 11.7. The van der Waals surface area contributed by atoms with Crippen LogP contribution in [0.25, 0.3) is 0 Å². The zero-order chi connectivity index (χ0) is 18.9. The number of nitro groups is 1. The number of aromatic hydroxyl groups is 1. The fourth-order valence-electron chi connectivity index (χ4n) is 1.93. The van der Waals surface area contributed by atoms with Crippen LogP contribution in [-0.4, -0.2) is 35.4 Å². The van der Waals surface area contributed by atoms with Crippen LogP contribution in [0.15, 0.2) is 47.6 Å². The number of rotatable bonds is 8. The molecule has 0 aromatic heterocycles. The summed E-state index contributed by atoms with van der Waals surface area (Å²) in [6.45, 7) is 1.94. The number of phenols is 1. The lowest BCUT2D eigenvalue weighted by molar-refractivity contribution is -0.384. The molecule has 0 spiro atoms. The smallest absolute Gasteiger partial charge is 0.277 e. The van der Waals surface area contributed by atoms with Gasteiger partial charge in [-0.05, 0) is 31.2 Å². The Kier molecular flexibility index (Phi) is 6.49. The summed E-state index contributed by atoms with van der Waals surface area (Å²) >= 11 is 0. The Balaban J connectivity index is 1.89. The van der Waals surface area contributed by atoms with Crippen molar-refractivity contribution in [3.05, 3.63) is 58.1 Å². The number of amides is 1. The van der Waals surface area contributed by atoms with Gasteiger partial charge in [0.2, 0.25) is 0 Å². The van der Waals surface area contributed by atoms with Gasteiger partial charge < -0.3 is 14.6 Å². The van der Waals surface area contributed by atoms with Crippen molar-refractivity contribution in [2.45, 2.75) is 6.92 Å². The van der Waals surface area contributed by atoms with E-state index in [0.717, 1.165) is 0 Å². The minimum Gasteiger partial charge on any atom is -0.507 e. The van der Waals surface area contributed by atoms with E-state index in [1.54, 1.807) is 12.1 Å². The Morgan fingerprint density at radius 3 is 2.77 bits per heavy atom. The summed E-state index contributed by atoms with van der Waals surface area (Å²) < 4.78 is 10.5. The third-order valence-corrected chi connectivity index (χ3v) is 3.10. The number of nitrogens with zero attached hydrogens (tertiary/aromatic N) is 2. The monoisotopic (exact) mass is 359 g/mol. The summed E-state index contributed by atoms with van der Waals surface area (Å²) in [5, 5.41) is 24.2. The van der Waals surface area contributed by atoms with E-state index in [9.17, 15) is 20.0 Å². The maximum atomic E-state index is 11.7. The molecule has 0 aliphatic heterocycles. The Bertz CT molecular complexity index is 822. The van der Waals surface area contributed by atoms with Gasteiger partial charge in [-0.3, -0.25) is 14.9 Å². The summed E-state index contributed by atoms with van der Waals surface area (Å²) in [6, 6.07) is 10.1. The topological polar surface area (TPSA) is 123 Å². The van der Waals surface area contributed by atoms with E-state index in [1.165, 1.54) is 36.5 Å². The van der Waals surface area contributed by atoms with Crippen LogP contribution >= 0.6 is 0 Å². The van der Waals surface area contributed by atoms with Gasteiger partial charge in [0, 0.05) is 11.6 Å². The lowest BCUT2D eigenvalue weighted by Gasteiger charge is -2.06. The van der Waals surface area contributed by atoms with Crippen molar-refractivity contribution in [2.75, 3.05) is 13.2 Å². The van der Waals surface area contributed by atoms with Gasteiger partial charge in [0.1, 0.15) is 17.2 Å². The SMILES string of the molecule is CCOc1ccc(O)c(C=NNC(=O)COc2cccc([N+](=O)[O-])c2)c1. The zero-order valence-electron chi connectivity index (χ0n) is 13.9. The van der Waals surface area contributed by atoms with Crippen LogP contribution in [-0.2, 0) is 4.79 Å². The molecule has 9 heteroatoms. The lowest BCUT2D eigenvalue weighted by atomic mass is 10.2. The third-order valence-electron chi connectivity index (χ3n) is 3.10. The number of benzene rings is 2. The van der Waals surface area contributed by atoms with E-state index < -0.39 is 10.8 Å². The second-order valence-corrected chi connectivity index (χ2v) is 4.99. The number of ether oxygens (including phenoxy) is 2. The average Bonchev–Trinajstić information content (AvgIpc) is 2.63. The third kappa shape index (κ3) is 5.48. The normalized spacial score (nSPS) is 10.5. The predicted octanol–water partition coefficient (Wildman–Crippen LogP) is 2.23. The number of nitro benzene ring substituents is 1. The number of hydrogen-bond donors (Lipinski definition) is 2. The summed E-state index contributed by atoms with van der Waals surface area (Å²) in [5.41, 5.74) is 2.47.